The number of halogens is 2. The molecule has 0 radical (unpaired) electrons. The number of carbonyl (C=O) groups is 1. The van der Waals surface area contributed by atoms with Crippen LogP contribution in [-0.2, 0) is 11.4 Å². The second-order valence-corrected chi connectivity index (χ2v) is 10.2. The van der Waals surface area contributed by atoms with Gasteiger partial charge in [0.05, 0.1) is 22.2 Å². The smallest absolute Gasteiger partial charge is 0.264 e. The first-order chi connectivity index (χ1) is 17.5. The van der Waals surface area contributed by atoms with Crippen LogP contribution in [0.25, 0.3) is 16.8 Å². The van der Waals surface area contributed by atoms with Crippen LogP contribution in [0.15, 0.2) is 93.2 Å². The van der Waals surface area contributed by atoms with E-state index in [4.69, 9.17) is 21.1 Å². The molecule has 0 unspecified atom stereocenters. The Morgan fingerprint density at radius 1 is 1.06 bits per heavy atom. The normalized spacial score (nSPS) is 15.5. The number of hydrogen-bond donors (Lipinski definition) is 1. The zero-order valence-corrected chi connectivity index (χ0v) is 22.3. The number of methoxy groups -OCH3 is 1. The minimum Gasteiger partial charge on any atom is -0.493 e. The fraction of sp³-hybridized carbons (Fsp3) is 0.0714. The Hall–Kier alpha value is -3.26. The summed E-state index contributed by atoms with van der Waals surface area (Å²) < 4.78 is 12.5. The standard InChI is InChI=1S/C28H20BrClN2O3S/c1-34-24-14-17(15-25-27(33)32-28(36-25)31-21-11-9-20(30)10-12-21)13-23(29)26(24)35-16-19-7-4-6-18-5-2-3-8-22(18)19/h2-15H,16H2,1H3,(H,31,32,33)/b25-15-. The lowest BCUT2D eigenvalue weighted by molar-refractivity contribution is -0.115. The van der Waals surface area contributed by atoms with Crippen LogP contribution in [0.3, 0.4) is 0 Å². The van der Waals surface area contributed by atoms with Gasteiger partial charge in [0.15, 0.2) is 16.7 Å². The van der Waals surface area contributed by atoms with Crippen LogP contribution < -0.4 is 14.8 Å². The van der Waals surface area contributed by atoms with Crippen molar-refractivity contribution in [3.8, 4) is 11.5 Å². The summed E-state index contributed by atoms with van der Waals surface area (Å²) in [5.74, 6) is 0.954. The summed E-state index contributed by atoms with van der Waals surface area (Å²) >= 11 is 10.8. The van der Waals surface area contributed by atoms with E-state index < -0.39 is 0 Å². The van der Waals surface area contributed by atoms with Crippen LogP contribution in [0.2, 0.25) is 5.02 Å². The summed E-state index contributed by atoms with van der Waals surface area (Å²) in [6.07, 6.45) is 1.80. The fourth-order valence-electron chi connectivity index (χ4n) is 3.80. The monoisotopic (exact) mass is 578 g/mol. The average Bonchev–Trinajstić information content (AvgIpc) is 3.22. The highest BCUT2D eigenvalue weighted by Gasteiger charge is 2.24. The molecule has 1 amide bonds. The molecule has 5 rings (SSSR count). The van der Waals surface area contributed by atoms with E-state index in [1.807, 2.05) is 30.3 Å². The van der Waals surface area contributed by atoms with Gasteiger partial charge in [-0.2, -0.15) is 0 Å². The van der Waals surface area contributed by atoms with Crippen molar-refractivity contribution in [1.29, 1.82) is 0 Å². The summed E-state index contributed by atoms with van der Waals surface area (Å²) in [5, 5.41) is 6.25. The number of carbonyl (C=O) groups excluding carboxylic acids is 1. The van der Waals surface area contributed by atoms with Crippen LogP contribution >= 0.6 is 39.3 Å². The summed E-state index contributed by atoms with van der Waals surface area (Å²) in [6.45, 7) is 0.388. The van der Waals surface area contributed by atoms with Gasteiger partial charge in [-0.15, -0.1) is 0 Å². The van der Waals surface area contributed by atoms with E-state index in [0.717, 1.165) is 26.4 Å². The molecule has 0 aromatic heterocycles. The van der Waals surface area contributed by atoms with Gasteiger partial charge in [-0.3, -0.25) is 4.79 Å². The van der Waals surface area contributed by atoms with Crippen molar-refractivity contribution in [1.82, 2.24) is 5.32 Å². The molecule has 4 aromatic carbocycles. The molecule has 5 nitrogen and oxygen atoms in total. The van der Waals surface area contributed by atoms with Crippen molar-refractivity contribution >= 4 is 72.9 Å². The Kier molecular flexibility index (Phi) is 7.32. The third-order valence-corrected chi connectivity index (χ3v) is 7.26. The molecule has 0 aliphatic carbocycles. The molecule has 0 spiro atoms. The maximum absolute atomic E-state index is 12.5. The SMILES string of the molecule is COc1cc(/C=C2\SC(=Nc3ccc(Cl)cc3)NC2=O)cc(Br)c1OCc1cccc2ccccc12. The molecule has 1 saturated heterocycles. The Labute approximate surface area is 226 Å². The van der Waals surface area contributed by atoms with Crippen LogP contribution in [0, 0.1) is 0 Å². The summed E-state index contributed by atoms with van der Waals surface area (Å²) in [4.78, 5) is 17.5. The Balaban J connectivity index is 1.36. The quantitative estimate of drug-likeness (QED) is 0.237. The van der Waals surface area contributed by atoms with Crippen LogP contribution in [0.5, 0.6) is 11.5 Å². The van der Waals surface area contributed by atoms with Crippen molar-refractivity contribution < 1.29 is 14.3 Å². The zero-order chi connectivity index (χ0) is 25.1. The van der Waals surface area contributed by atoms with Crippen molar-refractivity contribution in [2.75, 3.05) is 7.11 Å². The highest BCUT2D eigenvalue weighted by molar-refractivity contribution is 9.10. The number of amidine groups is 1. The van der Waals surface area contributed by atoms with Crippen molar-refractivity contribution in [2.45, 2.75) is 6.61 Å². The molecule has 4 aromatic rings. The molecular formula is C28H20BrClN2O3S. The molecule has 180 valence electrons. The van der Waals surface area contributed by atoms with E-state index in [-0.39, 0.29) is 5.91 Å². The predicted octanol–water partition coefficient (Wildman–Crippen LogP) is 7.73. The number of fused-ring (bicyclic) bond motifs is 1. The van der Waals surface area contributed by atoms with E-state index in [1.54, 1.807) is 37.5 Å². The summed E-state index contributed by atoms with van der Waals surface area (Å²) in [6, 6.07) is 25.2. The van der Waals surface area contributed by atoms with Gasteiger partial charge in [0, 0.05) is 5.02 Å². The third kappa shape index (κ3) is 5.43. The van der Waals surface area contributed by atoms with E-state index >= 15 is 0 Å². The second kappa shape index (κ2) is 10.8. The number of thioether (sulfide) groups is 1. The summed E-state index contributed by atoms with van der Waals surface area (Å²) in [5.41, 5.74) is 2.59. The molecule has 36 heavy (non-hydrogen) atoms. The van der Waals surface area contributed by atoms with E-state index in [1.165, 1.54) is 11.8 Å². The molecule has 1 aliphatic heterocycles. The first-order valence-electron chi connectivity index (χ1n) is 11.0. The van der Waals surface area contributed by atoms with Crippen LogP contribution in [-0.4, -0.2) is 18.2 Å². The number of amides is 1. The largest absolute Gasteiger partial charge is 0.493 e. The number of nitrogens with one attached hydrogen (secondary N) is 1. The molecule has 1 aliphatic rings. The van der Waals surface area contributed by atoms with Gasteiger partial charge < -0.3 is 14.8 Å². The molecule has 0 atom stereocenters. The van der Waals surface area contributed by atoms with Gasteiger partial charge in [0.2, 0.25) is 0 Å². The number of nitrogens with zero attached hydrogens (tertiary/aromatic N) is 1. The number of benzene rings is 4. The van der Waals surface area contributed by atoms with Crippen molar-refractivity contribution in [3.05, 3.63) is 104 Å². The lowest BCUT2D eigenvalue weighted by Gasteiger charge is -2.15. The Morgan fingerprint density at radius 3 is 2.64 bits per heavy atom. The highest BCUT2D eigenvalue weighted by Crippen LogP contribution is 2.39. The maximum atomic E-state index is 12.5. The van der Waals surface area contributed by atoms with Gasteiger partial charge in [0.25, 0.3) is 5.91 Å². The number of aliphatic imine (C=N–C) groups is 1. The van der Waals surface area contributed by atoms with Gasteiger partial charge in [-0.05, 0) is 92.1 Å². The molecule has 0 bridgehead atoms. The molecule has 1 heterocycles. The van der Waals surface area contributed by atoms with E-state index in [2.05, 4.69) is 50.5 Å². The first-order valence-corrected chi connectivity index (χ1v) is 13.0. The molecular weight excluding hydrogens is 560 g/mol. The minimum atomic E-state index is -0.209. The van der Waals surface area contributed by atoms with Crippen molar-refractivity contribution in [2.24, 2.45) is 4.99 Å². The molecule has 0 saturated carbocycles. The number of hydrogen-bond acceptors (Lipinski definition) is 5. The first kappa shape index (κ1) is 24.4. The highest BCUT2D eigenvalue weighted by atomic mass is 79.9. The van der Waals surface area contributed by atoms with Gasteiger partial charge in [-0.25, -0.2) is 4.99 Å². The third-order valence-electron chi connectivity index (χ3n) is 5.51. The fourth-order valence-corrected chi connectivity index (χ4v) is 5.34. The Bertz CT molecular complexity index is 1510. The molecule has 8 heteroatoms. The maximum Gasteiger partial charge on any atom is 0.264 e. The van der Waals surface area contributed by atoms with E-state index in [0.29, 0.717) is 38.9 Å². The molecule has 1 fully saturated rings. The lowest BCUT2D eigenvalue weighted by Crippen LogP contribution is -2.19. The van der Waals surface area contributed by atoms with Gasteiger partial charge >= 0.3 is 0 Å². The van der Waals surface area contributed by atoms with Crippen LogP contribution in [0.4, 0.5) is 5.69 Å². The minimum absolute atomic E-state index is 0.209. The van der Waals surface area contributed by atoms with Gasteiger partial charge in [0.1, 0.15) is 6.61 Å². The zero-order valence-electron chi connectivity index (χ0n) is 19.1. The molecule has 1 N–H and O–H groups in total. The Morgan fingerprint density at radius 2 is 1.83 bits per heavy atom. The predicted molar refractivity (Wildman–Crippen MR) is 151 cm³/mol. The second-order valence-electron chi connectivity index (χ2n) is 7.92. The topological polar surface area (TPSA) is 59.9 Å². The van der Waals surface area contributed by atoms with Crippen molar-refractivity contribution in [3.63, 3.8) is 0 Å². The van der Waals surface area contributed by atoms with Gasteiger partial charge in [-0.1, -0.05) is 54.1 Å². The average molecular weight is 580 g/mol. The van der Waals surface area contributed by atoms with E-state index in [9.17, 15) is 4.79 Å². The lowest BCUT2D eigenvalue weighted by atomic mass is 10.1. The number of rotatable bonds is 6. The van der Waals surface area contributed by atoms with Crippen LogP contribution in [0.1, 0.15) is 11.1 Å². The number of ether oxygens (including phenoxy) is 2. The summed E-state index contributed by atoms with van der Waals surface area (Å²) in [7, 11) is 1.59.